The van der Waals surface area contributed by atoms with Gasteiger partial charge in [0.1, 0.15) is 12.1 Å². The number of rotatable bonds is 4. The first kappa shape index (κ1) is 14.8. The van der Waals surface area contributed by atoms with Crippen LogP contribution in [0.5, 0.6) is 0 Å². The molecule has 0 heterocycles. The van der Waals surface area contributed by atoms with Crippen molar-refractivity contribution in [1.82, 2.24) is 5.43 Å². The number of hydrazone groups is 1. The number of carbonyl (C=O) groups excluding carboxylic acids is 1. The molecule has 0 aliphatic rings. The highest BCUT2D eigenvalue weighted by atomic mass is 16.2. The molecule has 0 unspecified atom stereocenters. The SMILES string of the molecule is CC(=NNC(N)=O)c1ccc(N=NC(C#N)C#N)cc1. The monoisotopic (exact) mass is 269 g/mol. The molecule has 0 saturated heterocycles. The van der Waals surface area contributed by atoms with Crippen molar-refractivity contribution in [3.63, 3.8) is 0 Å². The van der Waals surface area contributed by atoms with Gasteiger partial charge in [0, 0.05) is 0 Å². The van der Waals surface area contributed by atoms with Gasteiger partial charge in [0.25, 0.3) is 0 Å². The predicted octanol–water partition coefficient (Wildman–Crippen LogP) is 1.58. The minimum absolute atomic E-state index is 0.500. The van der Waals surface area contributed by atoms with Gasteiger partial charge < -0.3 is 5.73 Å². The highest BCUT2D eigenvalue weighted by Gasteiger charge is 2.01. The highest BCUT2D eigenvalue weighted by molar-refractivity contribution is 5.99. The zero-order chi connectivity index (χ0) is 15.0. The number of hydrogen-bond acceptors (Lipinski definition) is 6. The molecule has 0 aliphatic heterocycles. The molecular weight excluding hydrogens is 258 g/mol. The number of nitrogens with one attached hydrogen (secondary N) is 1. The van der Waals surface area contributed by atoms with Crippen LogP contribution in [-0.4, -0.2) is 17.8 Å². The molecule has 0 atom stereocenters. The van der Waals surface area contributed by atoms with E-state index in [4.69, 9.17) is 16.3 Å². The fraction of sp³-hybridized carbons (Fsp3) is 0.167. The third-order valence-electron chi connectivity index (χ3n) is 2.15. The zero-order valence-corrected chi connectivity index (χ0v) is 10.6. The van der Waals surface area contributed by atoms with Crippen LogP contribution in [0.2, 0.25) is 0 Å². The number of urea groups is 1. The van der Waals surface area contributed by atoms with Crippen molar-refractivity contribution in [2.24, 2.45) is 21.1 Å². The normalized spacial score (nSPS) is 11.1. The summed E-state index contributed by atoms with van der Waals surface area (Å²) in [4.78, 5) is 10.5. The summed E-state index contributed by atoms with van der Waals surface area (Å²) >= 11 is 0. The van der Waals surface area contributed by atoms with Crippen LogP contribution in [0.15, 0.2) is 39.6 Å². The van der Waals surface area contributed by atoms with Gasteiger partial charge in [0.15, 0.2) is 0 Å². The first-order valence-electron chi connectivity index (χ1n) is 5.47. The van der Waals surface area contributed by atoms with Crippen LogP contribution in [0.1, 0.15) is 12.5 Å². The summed E-state index contributed by atoms with van der Waals surface area (Å²) in [6.07, 6.45) is 0. The minimum Gasteiger partial charge on any atom is -0.350 e. The van der Waals surface area contributed by atoms with Crippen LogP contribution in [0, 0.1) is 22.7 Å². The number of carbonyl (C=O) groups is 1. The second-order valence-electron chi connectivity index (χ2n) is 3.60. The number of benzene rings is 1. The first-order chi connectivity index (χ1) is 9.56. The molecule has 0 spiro atoms. The van der Waals surface area contributed by atoms with Gasteiger partial charge in [-0.2, -0.15) is 25.9 Å². The molecule has 0 aromatic heterocycles. The Balaban J connectivity index is 2.80. The van der Waals surface area contributed by atoms with Crippen LogP contribution < -0.4 is 11.2 Å². The lowest BCUT2D eigenvalue weighted by Gasteiger charge is -2.01. The standard InChI is InChI=1S/C12H11N7O/c1-8(16-19-12(15)20)9-2-4-10(5-3-9)17-18-11(6-13)7-14/h2-5,11H,1H3,(H3,15,19,20). The maximum absolute atomic E-state index is 10.5. The van der Waals surface area contributed by atoms with Crippen molar-refractivity contribution in [2.75, 3.05) is 0 Å². The van der Waals surface area contributed by atoms with Crippen molar-refractivity contribution >= 4 is 17.4 Å². The van der Waals surface area contributed by atoms with Crippen LogP contribution in [0.3, 0.4) is 0 Å². The maximum Gasteiger partial charge on any atom is 0.332 e. The van der Waals surface area contributed by atoms with Crippen LogP contribution in [0.25, 0.3) is 0 Å². The number of primary amides is 1. The molecule has 20 heavy (non-hydrogen) atoms. The van der Waals surface area contributed by atoms with Gasteiger partial charge in [-0.1, -0.05) is 12.1 Å². The first-order valence-corrected chi connectivity index (χ1v) is 5.47. The number of nitrogens with zero attached hydrogens (tertiary/aromatic N) is 5. The summed E-state index contributed by atoms with van der Waals surface area (Å²) in [5, 5.41) is 28.2. The molecular formula is C12H11N7O. The van der Waals surface area contributed by atoms with E-state index in [0.29, 0.717) is 11.4 Å². The van der Waals surface area contributed by atoms with Crippen molar-refractivity contribution in [3.8, 4) is 12.1 Å². The average Bonchev–Trinajstić information content (AvgIpc) is 2.46. The lowest BCUT2D eigenvalue weighted by molar-refractivity contribution is 0.249. The zero-order valence-electron chi connectivity index (χ0n) is 10.6. The topological polar surface area (TPSA) is 140 Å². The summed E-state index contributed by atoms with van der Waals surface area (Å²) in [6, 6.07) is 8.23. The lowest BCUT2D eigenvalue weighted by atomic mass is 10.1. The Morgan fingerprint density at radius 3 is 2.40 bits per heavy atom. The number of amides is 2. The Bertz CT molecular complexity index is 605. The molecule has 1 rings (SSSR count). The lowest BCUT2D eigenvalue weighted by Crippen LogP contribution is -2.25. The second kappa shape index (κ2) is 7.24. The summed E-state index contributed by atoms with van der Waals surface area (Å²) in [5.74, 6) is 0. The summed E-state index contributed by atoms with van der Waals surface area (Å²) in [7, 11) is 0. The highest BCUT2D eigenvalue weighted by Crippen LogP contribution is 2.14. The Hall–Kier alpha value is -3.26. The van der Waals surface area contributed by atoms with E-state index in [2.05, 4.69) is 20.8 Å². The number of hydrogen-bond donors (Lipinski definition) is 2. The molecule has 3 N–H and O–H groups in total. The third kappa shape index (κ3) is 4.55. The molecule has 1 aromatic rings. The number of nitrogens with two attached hydrogens (primary N) is 1. The summed E-state index contributed by atoms with van der Waals surface area (Å²) in [6.45, 7) is 1.70. The second-order valence-corrected chi connectivity index (χ2v) is 3.60. The average molecular weight is 269 g/mol. The molecule has 100 valence electrons. The van der Waals surface area contributed by atoms with Gasteiger partial charge in [-0.15, -0.1) is 0 Å². The Kier molecular flexibility index (Phi) is 5.35. The van der Waals surface area contributed by atoms with Gasteiger partial charge in [-0.3, -0.25) is 0 Å². The summed E-state index contributed by atoms with van der Waals surface area (Å²) in [5.41, 5.74) is 8.85. The molecule has 8 heteroatoms. The molecule has 0 bridgehead atoms. The van der Waals surface area contributed by atoms with Crippen LogP contribution in [0.4, 0.5) is 10.5 Å². The third-order valence-corrected chi connectivity index (χ3v) is 2.15. The summed E-state index contributed by atoms with van der Waals surface area (Å²) < 4.78 is 0. The predicted molar refractivity (Wildman–Crippen MR) is 70.9 cm³/mol. The Morgan fingerprint density at radius 2 is 1.90 bits per heavy atom. The van der Waals surface area contributed by atoms with Gasteiger partial charge in [0.05, 0.1) is 11.4 Å². The van der Waals surface area contributed by atoms with Gasteiger partial charge >= 0.3 is 6.03 Å². The van der Waals surface area contributed by atoms with E-state index in [-0.39, 0.29) is 0 Å². The van der Waals surface area contributed by atoms with E-state index < -0.39 is 12.1 Å². The van der Waals surface area contributed by atoms with E-state index in [9.17, 15) is 4.79 Å². The Labute approximate surface area is 115 Å². The van der Waals surface area contributed by atoms with E-state index in [1.807, 2.05) is 0 Å². The van der Waals surface area contributed by atoms with E-state index in [1.54, 1.807) is 43.3 Å². The molecule has 8 nitrogen and oxygen atoms in total. The van der Waals surface area contributed by atoms with Crippen molar-refractivity contribution in [3.05, 3.63) is 29.8 Å². The maximum atomic E-state index is 10.5. The largest absolute Gasteiger partial charge is 0.350 e. The quantitative estimate of drug-likeness (QED) is 0.487. The van der Waals surface area contributed by atoms with Gasteiger partial charge in [-0.25, -0.2) is 10.2 Å². The minimum atomic E-state index is -1.11. The molecule has 0 saturated carbocycles. The van der Waals surface area contributed by atoms with Crippen molar-refractivity contribution in [1.29, 1.82) is 10.5 Å². The molecule has 0 fully saturated rings. The van der Waals surface area contributed by atoms with Crippen molar-refractivity contribution < 1.29 is 4.79 Å². The van der Waals surface area contributed by atoms with E-state index in [1.165, 1.54) is 0 Å². The fourth-order valence-corrected chi connectivity index (χ4v) is 1.18. The molecule has 0 radical (unpaired) electrons. The fourth-order valence-electron chi connectivity index (χ4n) is 1.18. The van der Waals surface area contributed by atoms with E-state index in [0.717, 1.165) is 5.56 Å². The van der Waals surface area contributed by atoms with Crippen molar-refractivity contribution in [2.45, 2.75) is 13.0 Å². The molecule has 2 amide bonds. The molecule has 0 aliphatic carbocycles. The Morgan fingerprint density at radius 1 is 1.30 bits per heavy atom. The van der Waals surface area contributed by atoms with Gasteiger partial charge in [0.2, 0.25) is 6.04 Å². The van der Waals surface area contributed by atoms with E-state index >= 15 is 0 Å². The number of nitriles is 2. The van der Waals surface area contributed by atoms with Crippen LogP contribution >= 0.6 is 0 Å². The van der Waals surface area contributed by atoms with Crippen LogP contribution in [-0.2, 0) is 0 Å². The smallest absolute Gasteiger partial charge is 0.332 e. The number of azo groups is 1. The molecule has 1 aromatic carbocycles. The van der Waals surface area contributed by atoms with Gasteiger partial charge in [-0.05, 0) is 24.6 Å².